The molecule has 0 spiro atoms. The first-order valence-corrected chi connectivity index (χ1v) is 7.65. The van der Waals surface area contributed by atoms with Gasteiger partial charge in [-0.25, -0.2) is 0 Å². The predicted molar refractivity (Wildman–Crippen MR) is 83.4 cm³/mol. The summed E-state index contributed by atoms with van der Waals surface area (Å²) in [5, 5.41) is 0. The summed E-state index contributed by atoms with van der Waals surface area (Å²) in [6, 6.07) is 7.67. The number of carbonyl (C=O) groups excluding carboxylic acids is 1. The second-order valence-electron chi connectivity index (χ2n) is 5.69. The maximum Gasteiger partial charge on any atom is 0.270 e. The summed E-state index contributed by atoms with van der Waals surface area (Å²) >= 11 is 0. The SMILES string of the molecule is Cn1cccc1C(=O)N1CCC[C@H](OCc2cccnc2)C1. The molecule has 3 rings (SSSR count). The van der Waals surface area contributed by atoms with Crippen LogP contribution in [0.2, 0.25) is 0 Å². The molecule has 0 unspecified atom stereocenters. The summed E-state index contributed by atoms with van der Waals surface area (Å²) in [6.07, 6.45) is 7.54. The standard InChI is InChI=1S/C17H21N3O2/c1-19-9-4-7-16(19)17(21)20-10-3-6-15(12-20)22-13-14-5-2-8-18-11-14/h2,4-5,7-9,11,15H,3,6,10,12-13H2,1H3/t15-/m0/s1. The van der Waals surface area contributed by atoms with Gasteiger partial charge >= 0.3 is 0 Å². The Balaban J connectivity index is 1.57. The molecule has 2 aromatic rings. The first-order chi connectivity index (χ1) is 10.7. The van der Waals surface area contributed by atoms with E-state index in [2.05, 4.69) is 4.98 Å². The highest BCUT2D eigenvalue weighted by atomic mass is 16.5. The third-order valence-corrected chi connectivity index (χ3v) is 4.04. The Bertz CT molecular complexity index is 624. The highest BCUT2D eigenvalue weighted by Crippen LogP contribution is 2.17. The van der Waals surface area contributed by atoms with E-state index in [1.54, 1.807) is 6.20 Å². The second-order valence-corrected chi connectivity index (χ2v) is 5.69. The van der Waals surface area contributed by atoms with Crippen LogP contribution in [0.15, 0.2) is 42.9 Å². The summed E-state index contributed by atoms with van der Waals surface area (Å²) in [5.74, 6) is 0.0853. The van der Waals surface area contributed by atoms with Crippen LogP contribution in [0.25, 0.3) is 0 Å². The van der Waals surface area contributed by atoms with Crippen LogP contribution in [0.3, 0.4) is 0 Å². The summed E-state index contributed by atoms with van der Waals surface area (Å²) in [6.45, 7) is 2.01. The molecule has 116 valence electrons. The maximum atomic E-state index is 12.5. The lowest BCUT2D eigenvalue weighted by Crippen LogP contribution is -2.43. The zero-order chi connectivity index (χ0) is 15.4. The quantitative estimate of drug-likeness (QED) is 0.870. The lowest BCUT2D eigenvalue weighted by Gasteiger charge is -2.32. The van der Waals surface area contributed by atoms with Gasteiger partial charge in [-0.15, -0.1) is 0 Å². The minimum Gasteiger partial charge on any atom is -0.372 e. The Hall–Kier alpha value is -2.14. The molecule has 0 bridgehead atoms. The van der Waals surface area contributed by atoms with E-state index in [-0.39, 0.29) is 12.0 Å². The second kappa shape index (κ2) is 6.75. The first kappa shape index (κ1) is 14.8. The fourth-order valence-corrected chi connectivity index (χ4v) is 2.80. The summed E-state index contributed by atoms with van der Waals surface area (Å²) in [7, 11) is 1.90. The number of carbonyl (C=O) groups is 1. The molecule has 0 N–H and O–H groups in total. The zero-order valence-corrected chi connectivity index (χ0v) is 12.8. The van der Waals surface area contributed by atoms with Crippen LogP contribution in [0.5, 0.6) is 0 Å². The van der Waals surface area contributed by atoms with Crippen LogP contribution >= 0.6 is 0 Å². The number of nitrogens with zero attached hydrogens (tertiary/aromatic N) is 3. The van der Waals surface area contributed by atoms with Crippen LogP contribution < -0.4 is 0 Å². The molecule has 1 amide bonds. The minimum atomic E-state index is 0.0853. The van der Waals surface area contributed by atoms with Crippen LogP contribution in [0, 0.1) is 0 Å². The summed E-state index contributed by atoms with van der Waals surface area (Å²) in [4.78, 5) is 18.5. The van der Waals surface area contributed by atoms with Gasteiger partial charge in [-0.1, -0.05) is 6.07 Å². The topological polar surface area (TPSA) is 47.4 Å². The molecular formula is C17H21N3O2. The van der Waals surface area contributed by atoms with Crippen molar-refractivity contribution >= 4 is 5.91 Å². The number of amides is 1. The molecule has 0 saturated carbocycles. The Morgan fingerprint density at radius 2 is 2.32 bits per heavy atom. The molecule has 0 aliphatic carbocycles. The Kier molecular flexibility index (Phi) is 4.53. The number of hydrogen-bond donors (Lipinski definition) is 0. The molecule has 1 aliphatic rings. The molecule has 1 fully saturated rings. The van der Waals surface area contributed by atoms with Gasteiger partial charge in [0.2, 0.25) is 0 Å². The molecular weight excluding hydrogens is 278 g/mol. The van der Waals surface area contributed by atoms with Crippen molar-refractivity contribution in [2.75, 3.05) is 13.1 Å². The monoisotopic (exact) mass is 299 g/mol. The highest BCUT2D eigenvalue weighted by molar-refractivity contribution is 5.92. The Labute approximate surface area is 130 Å². The van der Waals surface area contributed by atoms with Gasteiger partial charge in [0.15, 0.2) is 0 Å². The normalized spacial score (nSPS) is 18.4. The van der Waals surface area contributed by atoms with E-state index in [1.165, 1.54) is 0 Å². The summed E-state index contributed by atoms with van der Waals surface area (Å²) < 4.78 is 7.82. The van der Waals surface area contributed by atoms with Crippen molar-refractivity contribution in [3.8, 4) is 0 Å². The zero-order valence-electron chi connectivity index (χ0n) is 12.8. The van der Waals surface area contributed by atoms with E-state index >= 15 is 0 Å². The summed E-state index contributed by atoms with van der Waals surface area (Å²) in [5.41, 5.74) is 1.79. The molecule has 5 nitrogen and oxygen atoms in total. The molecule has 3 heterocycles. The minimum absolute atomic E-state index is 0.0853. The van der Waals surface area contributed by atoms with Crippen molar-refractivity contribution in [1.29, 1.82) is 0 Å². The van der Waals surface area contributed by atoms with Gasteiger partial charge in [0, 0.05) is 38.7 Å². The Morgan fingerprint density at radius 3 is 3.05 bits per heavy atom. The van der Waals surface area contributed by atoms with Crippen LogP contribution in [-0.2, 0) is 18.4 Å². The van der Waals surface area contributed by atoms with Crippen molar-refractivity contribution < 1.29 is 9.53 Å². The van der Waals surface area contributed by atoms with Gasteiger partial charge in [0.1, 0.15) is 5.69 Å². The van der Waals surface area contributed by atoms with Crippen LogP contribution in [0.4, 0.5) is 0 Å². The average molecular weight is 299 g/mol. The number of likely N-dealkylation sites (tertiary alicyclic amines) is 1. The molecule has 5 heteroatoms. The van der Waals surface area contributed by atoms with E-state index in [0.717, 1.165) is 30.6 Å². The molecule has 1 aliphatic heterocycles. The molecule has 2 aromatic heterocycles. The largest absolute Gasteiger partial charge is 0.372 e. The van der Waals surface area contributed by atoms with E-state index < -0.39 is 0 Å². The lowest BCUT2D eigenvalue weighted by atomic mass is 10.1. The number of rotatable bonds is 4. The van der Waals surface area contributed by atoms with Gasteiger partial charge in [-0.05, 0) is 36.6 Å². The smallest absolute Gasteiger partial charge is 0.270 e. The molecule has 1 atom stereocenters. The highest BCUT2D eigenvalue weighted by Gasteiger charge is 2.26. The van der Waals surface area contributed by atoms with Gasteiger partial charge < -0.3 is 14.2 Å². The van der Waals surface area contributed by atoms with Crippen LogP contribution in [0.1, 0.15) is 28.9 Å². The van der Waals surface area contributed by atoms with E-state index in [0.29, 0.717) is 13.2 Å². The molecule has 0 aromatic carbocycles. The Morgan fingerprint density at radius 1 is 1.41 bits per heavy atom. The number of piperidine rings is 1. The van der Waals surface area contributed by atoms with Gasteiger partial charge in [-0.2, -0.15) is 0 Å². The fourth-order valence-electron chi connectivity index (χ4n) is 2.80. The lowest BCUT2D eigenvalue weighted by molar-refractivity contribution is -0.00707. The van der Waals surface area contributed by atoms with Crippen molar-refractivity contribution in [2.45, 2.75) is 25.6 Å². The number of hydrogen-bond acceptors (Lipinski definition) is 3. The number of aryl methyl sites for hydroxylation is 1. The maximum absolute atomic E-state index is 12.5. The first-order valence-electron chi connectivity index (χ1n) is 7.65. The van der Waals surface area contributed by atoms with Crippen molar-refractivity contribution in [1.82, 2.24) is 14.5 Å². The average Bonchev–Trinajstić information content (AvgIpc) is 2.99. The van der Waals surface area contributed by atoms with E-state index in [4.69, 9.17) is 4.74 Å². The predicted octanol–water partition coefficient (Wildman–Crippen LogP) is 2.24. The number of aromatic nitrogens is 2. The van der Waals surface area contributed by atoms with Crippen molar-refractivity contribution in [3.05, 3.63) is 54.1 Å². The third kappa shape index (κ3) is 3.36. The number of ether oxygens (including phenoxy) is 1. The van der Waals surface area contributed by atoms with E-state index in [9.17, 15) is 4.79 Å². The van der Waals surface area contributed by atoms with E-state index in [1.807, 2.05) is 53.2 Å². The van der Waals surface area contributed by atoms with Crippen molar-refractivity contribution in [2.24, 2.45) is 7.05 Å². The van der Waals surface area contributed by atoms with Gasteiger partial charge in [-0.3, -0.25) is 9.78 Å². The molecule has 22 heavy (non-hydrogen) atoms. The molecule has 1 saturated heterocycles. The van der Waals surface area contributed by atoms with Gasteiger partial charge in [0.25, 0.3) is 5.91 Å². The fraction of sp³-hybridized carbons (Fsp3) is 0.412. The van der Waals surface area contributed by atoms with Gasteiger partial charge in [0.05, 0.1) is 12.7 Å². The molecule has 0 radical (unpaired) electrons. The van der Waals surface area contributed by atoms with Crippen LogP contribution in [-0.4, -0.2) is 39.6 Å². The third-order valence-electron chi connectivity index (χ3n) is 4.04. The number of pyridine rings is 1. The van der Waals surface area contributed by atoms with Crippen molar-refractivity contribution in [3.63, 3.8) is 0 Å².